The van der Waals surface area contributed by atoms with Crippen LogP contribution in [0.5, 0.6) is 0 Å². The minimum atomic E-state index is -0.0684. The molecule has 5 nitrogen and oxygen atoms in total. The lowest BCUT2D eigenvalue weighted by Gasteiger charge is -1.98. The Bertz CT molecular complexity index is 922. The Hall–Kier alpha value is -2.95. The highest BCUT2D eigenvalue weighted by Crippen LogP contribution is 2.25. The number of carbonyl (C=O) groups is 1. The smallest absolute Gasteiger partial charge is 0.210 e. The van der Waals surface area contributed by atoms with E-state index in [1.807, 2.05) is 24.3 Å². The second kappa shape index (κ2) is 4.03. The Kier molecular flexibility index (Phi) is 2.20. The second-order valence-electron chi connectivity index (χ2n) is 4.60. The minimum Gasteiger partial charge on any atom is -0.353 e. The van der Waals surface area contributed by atoms with Crippen molar-refractivity contribution < 1.29 is 4.79 Å². The maximum Gasteiger partial charge on any atom is 0.210 e. The van der Waals surface area contributed by atoms with Crippen LogP contribution in [0.2, 0.25) is 0 Å². The van der Waals surface area contributed by atoms with Gasteiger partial charge in [-0.2, -0.15) is 0 Å². The summed E-state index contributed by atoms with van der Waals surface area (Å²) in [5, 5.41) is 2.19. The summed E-state index contributed by atoms with van der Waals surface area (Å²) < 4.78 is 0. The van der Waals surface area contributed by atoms with Gasteiger partial charge in [-0.15, -0.1) is 0 Å². The van der Waals surface area contributed by atoms with Crippen molar-refractivity contribution in [2.24, 2.45) is 0 Å². The Labute approximate surface area is 113 Å². The zero-order valence-corrected chi connectivity index (χ0v) is 10.4. The largest absolute Gasteiger partial charge is 0.353 e. The van der Waals surface area contributed by atoms with Crippen molar-refractivity contribution in [3.05, 3.63) is 60.4 Å². The van der Waals surface area contributed by atoms with Crippen molar-refractivity contribution in [3.8, 4) is 0 Å². The van der Waals surface area contributed by atoms with Crippen LogP contribution in [0.25, 0.3) is 21.8 Å². The normalized spacial score (nSPS) is 11.2. The number of H-pyrrole nitrogens is 2. The molecule has 0 fully saturated rings. The van der Waals surface area contributed by atoms with Gasteiger partial charge >= 0.3 is 0 Å². The first-order valence-corrected chi connectivity index (χ1v) is 6.21. The van der Waals surface area contributed by atoms with Gasteiger partial charge in [0.1, 0.15) is 5.69 Å². The first kappa shape index (κ1) is 10.9. The van der Waals surface area contributed by atoms with Gasteiger partial charge in [-0.25, -0.2) is 4.98 Å². The molecule has 4 rings (SSSR count). The topological polar surface area (TPSA) is 74.4 Å². The molecule has 0 atom stereocenters. The molecule has 0 saturated carbocycles. The van der Waals surface area contributed by atoms with E-state index in [0.29, 0.717) is 11.3 Å². The number of nitrogens with one attached hydrogen (secondary N) is 2. The van der Waals surface area contributed by atoms with Gasteiger partial charge in [0.05, 0.1) is 24.2 Å². The van der Waals surface area contributed by atoms with Crippen LogP contribution in [0.1, 0.15) is 16.1 Å². The van der Waals surface area contributed by atoms with Gasteiger partial charge in [0, 0.05) is 28.0 Å². The number of aromatic nitrogens is 4. The monoisotopic (exact) mass is 262 g/mol. The first-order chi connectivity index (χ1) is 9.83. The van der Waals surface area contributed by atoms with Crippen molar-refractivity contribution in [1.82, 2.24) is 19.9 Å². The molecule has 1 aromatic carbocycles. The predicted molar refractivity (Wildman–Crippen MR) is 75.6 cm³/mol. The fourth-order valence-electron chi connectivity index (χ4n) is 2.43. The Morgan fingerprint density at radius 3 is 2.75 bits per heavy atom. The quantitative estimate of drug-likeness (QED) is 0.545. The lowest BCUT2D eigenvalue weighted by atomic mass is 10.1. The van der Waals surface area contributed by atoms with E-state index in [1.54, 1.807) is 12.4 Å². The standard InChI is InChI=1S/C15H10N4O/c20-15(14-7-17-8-18-14)9-1-2-10-11-3-4-16-6-13(11)19-12(10)5-9/h1-8,19H,(H,17,18). The predicted octanol–water partition coefficient (Wildman–Crippen LogP) is 2.67. The molecule has 20 heavy (non-hydrogen) atoms. The van der Waals surface area contributed by atoms with Crippen LogP contribution in [0.3, 0.4) is 0 Å². The van der Waals surface area contributed by atoms with Gasteiger partial charge in [-0.05, 0) is 12.1 Å². The van der Waals surface area contributed by atoms with Crippen LogP contribution in [0, 0.1) is 0 Å². The molecule has 0 aliphatic rings. The van der Waals surface area contributed by atoms with E-state index in [2.05, 4.69) is 19.9 Å². The van der Waals surface area contributed by atoms with Crippen molar-refractivity contribution in [3.63, 3.8) is 0 Å². The van der Waals surface area contributed by atoms with E-state index in [9.17, 15) is 4.79 Å². The molecule has 5 heteroatoms. The molecular formula is C15H10N4O. The molecule has 0 saturated heterocycles. The van der Waals surface area contributed by atoms with Crippen LogP contribution in [-0.4, -0.2) is 25.7 Å². The SMILES string of the molecule is O=C(c1ccc2c(c1)[nH]c1cnccc12)c1cnc[nH]1. The Balaban J connectivity index is 1.91. The summed E-state index contributed by atoms with van der Waals surface area (Å²) in [7, 11) is 0. The molecule has 0 radical (unpaired) electrons. The van der Waals surface area contributed by atoms with Crippen molar-refractivity contribution in [1.29, 1.82) is 0 Å². The molecule has 0 aliphatic heterocycles. The van der Waals surface area contributed by atoms with Gasteiger partial charge in [0.15, 0.2) is 0 Å². The highest BCUT2D eigenvalue weighted by Gasteiger charge is 2.12. The number of hydrogen-bond donors (Lipinski definition) is 2. The van der Waals surface area contributed by atoms with E-state index >= 15 is 0 Å². The number of benzene rings is 1. The maximum absolute atomic E-state index is 12.3. The highest BCUT2D eigenvalue weighted by atomic mass is 16.1. The highest BCUT2D eigenvalue weighted by molar-refractivity contribution is 6.12. The summed E-state index contributed by atoms with van der Waals surface area (Å²) in [6, 6.07) is 7.61. The van der Waals surface area contributed by atoms with Crippen LogP contribution < -0.4 is 0 Å². The third kappa shape index (κ3) is 1.53. The Morgan fingerprint density at radius 1 is 1.00 bits per heavy atom. The van der Waals surface area contributed by atoms with Crippen molar-refractivity contribution >= 4 is 27.6 Å². The average Bonchev–Trinajstić information content (AvgIpc) is 3.13. The van der Waals surface area contributed by atoms with Crippen LogP contribution in [0.15, 0.2) is 49.2 Å². The van der Waals surface area contributed by atoms with Gasteiger partial charge in [-0.1, -0.05) is 12.1 Å². The number of ketones is 1. The summed E-state index contributed by atoms with van der Waals surface area (Å²) in [6.07, 6.45) is 6.58. The molecule has 96 valence electrons. The number of aromatic amines is 2. The zero-order valence-electron chi connectivity index (χ0n) is 10.4. The summed E-state index contributed by atoms with van der Waals surface area (Å²) in [6.45, 7) is 0. The first-order valence-electron chi connectivity index (χ1n) is 6.21. The number of imidazole rings is 1. The van der Waals surface area contributed by atoms with Crippen LogP contribution in [0.4, 0.5) is 0 Å². The molecular weight excluding hydrogens is 252 g/mol. The molecule has 2 N–H and O–H groups in total. The minimum absolute atomic E-state index is 0.0684. The molecule has 0 spiro atoms. The van der Waals surface area contributed by atoms with Crippen molar-refractivity contribution in [2.45, 2.75) is 0 Å². The number of pyridine rings is 1. The summed E-state index contributed by atoms with van der Waals surface area (Å²) >= 11 is 0. The molecule has 0 amide bonds. The lowest BCUT2D eigenvalue weighted by molar-refractivity contribution is 0.103. The second-order valence-corrected chi connectivity index (χ2v) is 4.60. The molecule has 3 heterocycles. The van der Waals surface area contributed by atoms with Crippen molar-refractivity contribution in [2.75, 3.05) is 0 Å². The van der Waals surface area contributed by atoms with E-state index in [0.717, 1.165) is 21.8 Å². The van der Waals surface area contributed by atoms with Gasteiger partial charge in [0.2, 0.25) is 5.78 Å². The van der Waals surface area contributed by atoms with Gasteiger partial charge in [-0.3, -0.25) is 9.78 Å². The van der Waals surface area contributed by atoms with E-state index in [1.165, 1.54) is 12.5 Å². The number of nitrogens with zero attached hydrogens (tertiary/aromatic N) is 2. The Morgan fingerprint density at radius 2 is 1.90 bits per heavy atom. The maximum atomic E-state index is 12.3. The fourth-order valence-corrected chi connectivity index (χ4v) is 2.43. The zero-order chi connectivity index (χ0) is 13.5. The average molecular weight is 262 g/mol. The number of fused-ring (bicyclic) bond motifs is 3. The third-order valence-corrected chi connectivity index (χ3v) is 3.41. The van der Waals surface area contributed by atoms with E-state index in [4.69, 9.17) is 0 Å². The molecule has 4 aromatic rings. The summed E-state index contributed by atoms with van der Waals surface area (Å²) in [5.41, 5.74) is 3.01. The van der Waals surface area contributed by atoms with E-state index in [-0.39, 0.29) is 5.78 Å². The summed E-state index contributed by atoms with van der Waals surface area (Å²) in [4.78, 5) is 26.3. The molecule has 3 aromatic heterocycles. The molecule has 0 aliphatic carbocycles. The van der Waals surface area contributed by atoms with Crippen LogP contribution in [-0.2, 0) is 0 Å². The third-order valence-electron chi connectivity index (χ3n) is 3.41. The summed E-state index contributed by atoms with van der Waals surface area (Å²) in [5.74, 6) is -0.0684. The van der Waals surface area contributed by atoms with Gasteiger partial charge < -0.3 is 9.97 Å². The van der Waals surface area contributed by atoms with Gasteiger partial charge in [0.25, 0.3) is 0 Å². The number of hydrogen-bond acceptors (Lipinski definition) is 3. The lowest BCUT2D eigenvalue weighted by Crippen LogP contribution is -2.01. The molecule has 0 unspecified atom stereocenters. The van der Waals surface area contributed by atoms with E-state index < -0.39 is 0 Å². The number of carbonyl (C=O) groups excluding carboxylic acids is 1. The number of rotatable bonds is 2. The fraction of sp³-hybridized carbons (Fsp3) is 0. The molecule has 0 bridgehead atoms. The van der Waals surface area contributed by atoms with Crippen LogP contribution >= 0.6 is 0 Å².